The molecule has 0 saturated heterocycles. The quantitative estimate of drug-likeness (QED) is 0.634. The highest BCUT2D eigenvalue weighted by Crippen LogP contribution is 2.28. The average Bonchev–Trinajstić information content (AvgIpc) is 1.94. The van der Waals surface area contributed by atoms with Gasteiger partial charge in [0.05, 0.1) is 12.3 Å². The highest BCUT2D eigenvalue weighted by atomic mass is 32.2. The smallest absolute Gasteiger partial charge is 0.0889 e. The zero-order valence-corrected chi connectivity index (χ0v) is 7.94. The molecule has 62 valence electrons. The topological polar surface area (TPSA) is 21.6 Å². The minimum atomic E-state index is 0.150. The monoisotopic (exact) mass is 171 g/mol. The third-order valence-electron chi connectivity index (χ3n) is 1.33. The van der Waals surface area contributed by atoms with E-state index < -0.39 is 0 Å². The lowest BCUT2D eigenvalue weighted by Gasteiger charge is -2.20. The van der Waals surface area contributed by atoms with Crippen LogP contribution in [0.1, 0.15) is 13.8 Å². The average molecular weight is 171 g/mol. The Hall–Kier alpha value is -0.280. The van der Waals surface area contributed by atoms with Crippen LogP contribution in [0.4, 0.5) is 0 Å². The van der Waals surface area contributed by atoms with Crippen LogP contribution >= 0.6 is 11.8 Å². The summed E-state index contributed by atoms with van der Waals surface area (Å²) in [6, 6.07) is 0. The number of ether oxygens (including phenoxy) is 1. The fourth-order valence-corrected chi connectivity index (χ4v) is 1.42. The van der Waals surface area contributed by atoms with Crippen molar-refractivity contribution in [3.8, 4) is 0 Å². The van der Waals surface area contributed by atoms with Crippen molar-refractivity contribution in [1.82, 2.24) is 0 Å². The van der Waals surface area contributed by atoms with Crippen molar-refractivity contribution in [3.05, 3.63) is 11.1 Å². The first kappa shape index (κ1) is 8.81. The van der Waals surface area contributed by atoms with Gasteiger partial charge in [-0.25, -0.2) is 0 Å². The van der Waals surface area contributed by atoms with E-state index in [1.54, 1.807) is 18.9 Å². The van der Waals surface area contributed by atoms with E-state index in [1.165, 1.54) is 0 Å². The third kappa shape index (κ3) is 2.67. The second kappa shape index (κ2) is 3.41. The fourth-order valence-electron chi connectivity index (χ4n) is 0.738. The van der Waals surface area contributed by atoms with Gasteiger partial charge in [-0.15, -0.1) is 11.8 Å². The summed E-state index contributed by atoms with van der Waals surface area (Å²) >= 11 is 1.78. The zero-order chi connectivity index (χ0) is 8.32. The van der Waals surface area contributed by atoms with Gasteiger partial charge in [0.25, 0.3) is 0 Å². The fraction of sp³-hybridized carbons (Fsp3) is 0.625. The Bertz CT molecular complexity index is 196. The molecule has 2 nitrogen and oxygen atoms in total. The predicted molar refractivity (Wildman–Crippen MR) is 50.1 cm³/mol. The number of methoxy groups -OCH3 is 1. The van der Waals surface area contributed by atoms with Crippen LogP contribution in [0, 0.1) is 0 Å². The molecule has 0 amide bonds. The van der Waals surface area contributed by atoms with E-state index in [4.69, 9.17) is 4.74 Å². The van der Waals surface area contributed by atoms with Crippen LogP contribution in [0.15, 0.2) is 16.1 Å². The van der Waals surface area contributed by atoms with Crippen molar-refractivity contribution < 1.29 is 4.74 Å². The van der Waals surface area contributed by atoms with E-state index in [1.807, 2.05) is 6.21 Å². The summed E-state index contributed by atoms with van der Waals surface area (Å²) in [6.07, 6.45) is 1.96. The normalized spacial score (nSPS) is 21.5. The van der Waals surface area contributed by atoms with E-state index in [2.05, 4.69) is 24.2 Å². The highest BCUT2D eigenvalue weighted by molar-refractivity contribution is 8.04. The number of thioether (sulfide) groups is 1. The third-order valence-corrected chi connectivity index (χ3v) is 2.44. The van der Waals surface area contributed by atoms with Gasteiger partial charge in [-0.1, -0.05) is 0 Å². The van der Waals surface area contributed by atoms with E-state index in [0.29, 0.717) is 6.61 Å². The minimum Gasteiger partial charge on any atom is -0.378 e. The Morgan fingerprint density at radius 3 is 2.82 bits per heavy atom. The molecule has 0 radical (unpaired) electrons. The first-order chi connectivity index (χ1) is 5.14. The molecule has 11 heavy (non-hydrogen) atoms. The summed E-state index contributed by atoms with van der Waals surface area (Å²) in [5.41, 5.74) is 1.01. The number of nitrogens with zero attached hydrogens (tertiary/aromatic N) is 1. The molecule has 0 fully saturated rings. The molecular formula is C8H13NOS. The van der Waals surface area contributed by atoms with Gasteiger partial charge in [-0.3, -0.25) is 4.99 Å². The van der Waals surface area contributed by atoms with Gasteiger partial charge in [0.1, 0.15) is 0 Å². The molecule has 0 aromatic rings. The molecule has 0 spiro atoms. The molecule has 0 N–H and O–H groups in total. The number of hydrogen-bond donors (Lipinski definition) is 0. The second-order valence-electron chi connectivity index (χ2n) is 3.02. The van der Waals surface area contributed by atoms with Gasteiger partial charge in [-0.05, 0) is 19.3 Å². The van der Waals surface area contributed by atoms with Gasteiger partial charge in [0.2, 0.25) is 0 Å². The van der Waals surface area contributed by atoms with E-state index in [-0.39, 0.29) is 4.75 Å². The van der Waals surface area contributed by atoms with Crippen molar-refractivity contribution in [2.45, 2.75) is 18.6 Å². The molecule has 1 aliphatic rings. The Balaban J connectivity index is 2.53. The molecule has 1 rings (SSSR count). The Kier molecular flexibility index (Phi) is 2.73. The minimum absolute atomic E-state index is 0.150. The largest absolute Gasteiger partial charge is 0.378 e. The van der Waals surface area contributed by atoms with Crippen molar-refractivity contribution in [2.24, 2.45) is 4.99 Å². The zero-order valence-electron chi connectivity index (χ0n) is 7.13. The lowest BCUT2D eigenvalue weighted by Crippen LogP contribution is -2.18. The van der Waals surface area contributed by atoms with E-state index in [0.717, 1.165) is 5.70 Å². The molecule has 0 unspecified atom stereocenters. The number of rotatable bonds is 2. The Labute approximate surface area is 71.7 Å². The summed E-state index contributed by atoms with van der Waals surface area (Å²) in [5, 5.41) is 2.06. The molecule has 3 heteroatoms. The summed E-state index contributed by atoms with van der Waals surface area (Å²) in [6.45, 7) is 4.89. The van der Waals surface area contributed by atoms with Crippen LogP contribution in [0.25, 0.3) is 0 Å². The highest BCUT2D eigenvalue weighted by Gasteiger charge is 2.17. The van der Waals surface area contributed by atoms with Gasteiger partial charge < -0.3 is 4.74 Å². The van der Waals surface area contributed by atoms with Gasteiger partial charge in [0, 0.05) is 18.1 Å². The maximum absolute atomic E-state index is 4.95. The Morgan fingerprint density at radius 1 is 1.64 bits per heavy atom. The molecule has 1 aliphatic heterocycles. The molecule has 0 aromatic carbocycles. The van der Waals surface area contributed by atoms with Crippen LogP contribution in [0.3, 0.4) is 0 Å². The molecule has 0 aliphatic carbocycles. The van der Waals surface area contributed by atoms with Crippen LogP contribution in [-0.2, 0) is 4.74 Å². The van der Waals surface area contributed by atoms with E-state index >= 15 is 0 Å². The van der Waals surface area contributed by atoms with E-state index in [9.17, 15) is 0 Å². The standard InChI is InChI=1S/C8H13NOS/c1-8(2)6-9-7(4-10-3)5-11-8/h5-6H,4H2,1-3H3. The summed E-state index contributed by atoms with van der Waals surface area (Å²) in [5.74, 6) is 0. The van der Waals surface area contributed by atoms with Gasteiger partial charge >= 0.3 is 0 Å². The van der Waals surface area contributed by atoms with Crippen LogP contribution < -0.4 is 0 Å². The molecular weight excluding hydrogens is 158 g/mol. The first-order valence-electron chi connectivity index (χ1n) is 3.55. The maximum atomic E-state index is 4.95. The maximum Gasteiger partial charge on any atom is 0.0889 e. The Morgan fingerprint density at radius 2 is 2.36 bits per heavy atom. The lowest BCUT2D eigenvalue weighted by atomic mass is 10.2. The SMILES string of the molecule is COCC1=CSC(C)(C)C=N1. The summed E-state index contributed by atoms with van der Waals surface area (Å²) < 4.78 is 5.10. The van der Waals surface area contributed by atoms with Crippen molar-refractivity contribution in [2.75, 3.05) is 13.7 Å². The van der Waals surface area contributed by atoms with Gasteiger partial charge in [-0.2, -0.15) is 0 Å². The molecule has 0 saturated carbocycles. The number of aliphatic imine (C=N–C) groups is 1. The first-order valence-corrected chi connectivity index (χ1v) is 4.43. The summed E-state index contributed by atoms with van der Waals surface area (Å²) in [4.78, 5) is 4.26. The van der Waals surface area contributed by atoms with Crippen LogP contribution in [-0.4, -0.2) is 24.7 Å². The van der Waals surface area contributed by atoms with Gasteiger partial charge in [0.15, 0.2) is 0 Å². The molecule has 0 bridgehead atoms. The number of hydrogen-bond acceptors (Lipinski definition) is 3. The molecule has 0 aromatic heterocycles. The van der Waals surface area contributed by atoms with Crippen LogP contribution in [0.2, 0.25) is 0 Å². The second-order valence-corrected chi connectivity index (χ2v) is 4.55. The summed E-state index contributed by atoms with van der Waals surface area (Å²) in [7, 11) is 1.68. The van der Waals surface area contributed by atoms with Crippen molar-refractivity contribution in [3.63, 3.8) is 0 Å². The molecule has 1 heterocycles. The lowest BCUT2D eigenvalue weighted by molar-refractivity contribution is 0.225. The van der Waals surface area contributed by atoms with Crippen LogP contribution in [0.5, 0.6) is 0 Å². The predicted octanol–water partition coefficient (Wildman–Crippen LogP) is 2.07. The van der Waals surface area contributed by atoms with Crippen molar-refractivity contribution >= 4 is 18.0 Å². The van der Waals surface area contributed by atoms with Crippen molar-refractivity contribution in [1.29, 1.82) is 0 Å². The molecule has 0 atom stereocenters.